The van der Waals surface area contributed by atoms with E-state index in [1.165, 1.54) is 0 Å². The number of hydrogen-bond acceptors (Lipinski definition) is 17. The summed E-state index contributed by atoms with van der Waals surface area (Å²) in [5.41, 5.74) is 6.38. The Morgan fingerprint density at radius 1 is 0.643 bits per heavy atom. The first-order valence-electron chi connectivity index (χ1n) is 24.3. The summed E-state index contributed by atoms with van der Waals surface area (Å²) in [7, 11) is 0. The summed E-state index contributed by atoms with van der Waals surface area (Å²) in [4.78, 5) is 26.8. The summed E-state index contributed by atoms with van der Waals surface area (Å²) >= 11 is 0. The zero-order valence-corrected chi connectivity index (χ0v) is 40.5. The molecule has 1 aromatic carbocycles. The van der Waals surface area contributed by atoms with Gasteiger partial charge in [-0.05, 0) is 33.1 Å². The van der Waals surface area contributed by atoms with Crippen molar-refractivity contribution in [2.45, 2.75) is 177 Å². The maximum absolute atomic E-state index is 14.1. The first-order valence-corrected chi connectivity index (χ1v) is 24.3. The zero-order valence-electron chi connectivity index (χ0n) is 40.5. The molecule has 70 heavy (non-hydrogen) atoms. The summed E-state index contributed by atoms with van der Waals surface area (Å²) < 4.78 is 23.8. The summed E-state index contributed by atoms with van der Waals surface area (Å²) in [6.45, 7) is 6.81. The van der Waals surface area contributed by atoms with Crippen molar-refractivity contribution in [2.75, 3.05) is 0 Å². The number of aliphatic hydroxyl groups is 10. The highest BCUT2D eigenvalue weighted by Gasteiger charge is 2.51. The minimum Gasteiger partial charge on any atom is -0.462 e. The molecule has 3 aliphatic rings. The maximum atomic E-state index is 14.1. The van der Waals surface area contributed by atoms with Crippen LogP contribution in [0.3, 0.4) is 0 Å². The van der Waals surface area contributed by atoms with Crippen molar-refractivity contribution >= 4 is 11.8 Å². The molecule has 0 aromatic heterocycles. The van der Waals surface area contributed by atoms with Crippen LogP contribution in [0.2, 0.25) is 0 Å². The van der Waals surface area contributed by atoms with Crippen molar-refractivity contribution in [3.8, 4) is 0 Å². The summed E-state index contributed by atoms with van der Waals surface area (Å²) in [6.07, 6.45) is 4.86. The third-order valence-electron chi connectivity index (χ3n) is 13.1. The topological polar surface area (TPSA) is 299 Å². The molecule has 1 aromatic rings. The van der Waals surface area contributed by atoms with Crippen LogP contribution in [0.25, 0.3) is 0 Å². The SMILES string of the molecule is C[C@@H]1[C@H](O)[C@@H](C)C=CC=CC=CC=CC=CC=CC=C[C@H](O[C@@H]2O[C@H](C)[C@@H](O)[C@H](N)[C@@H]2O)C[C@@H]2O[C@](O)(C[C@@H](O)C[C@@H](O)[C@H](O)CC[C@@H](O)C[C@@H](O)CC(=O)O[C@H]1C)C[C@H](O)[C@H]2C(=O)c1ccccc1. The number of Topliss-reactive ketones (excluding diaryl/α,β-unsaturated/α-hetero) is 1. The van der Waals surface area contributed by atoms with Gasteiger partial charge in [-0.25, -0.2) is 0 Å². The first kappa shape index (κ1) is 58.5. The lowest BCUT2D eigenvalue weighted by molar-refractivity contribution is -0.305. The fraction of sp³-hybridized carbons (Fsp3) is 0.585. The zero-order chi connectivity index (χ0) is 51.5. The number of hydrogen-bond donors (Lipinski definition) is 11. The Bertz CT molecular complexity index is 1950. The molecule has 0 saturated carbocycles. The minimum atomic E-state index is -2.27. The van der Waals surface area contributed by atoms with Gasteiger partial charge in [0.2, 0.25) is 0 Å². The van der Waals surface area contributed by atoms with E-state index in [1.807, 2.05) is 49.5 Å². The number of fused-ring (bicyclic) bond motifs is 2. The number of nitrogens with two attached hydrogens (primary N) is 1. The van der Waals surface area contributed by atoms with E-state index < -0.39 is 147 Å². The van der Waals surface area contributed by atoms with Crippen LogP contribution in [0, 0.1) is 17.8 Å². The number of benzene rings is 1. The molecule has 0 radical (unpaired) electrons. The van der Waals surface area contributed by atoms with Crippen molar-refractivity contribution in [1.82, 2.24) is 0 Å². The lowest BCUT2D eigenvalue weighted by Gasteiger charge is -2.46. The highest BCUT2D eigenvalue weighted by molar-refractivity contribution is 5.98. The van der Waals surface area contributed by atoms with Crippen LogP contribution in [-0.4, -0.2) is 160 Å². The van der Waals surface area contributed by atoms with Crippen LogP contribution >= 0.6 is 0 Å². The van der Waals surface area contributed by atoms with E-state index in [9.17, 15) is 60.7 Å². The van der Waals surface area contributed by atoms with E-state index in [0.29, 0.717) is 0 Å². The van der Waals surface area contributed by atoms with Gasteiger partial charge in [0.15, 0.2) is 17.9 Å². The van der Waals surface area contributed by atoms with Crippen LogP contribution in [0.4, 0.5) is 0 Å². The Morgan fingerprint density at radius 3 is 1.84 bits per heavy atom. The molecule has 2 fully saturated rings. The van der Waals surface area contributed by atoms with Crippen molar-refractivity contribution < 1.29 is 79.6 Å². The first-order chi connectivity index (χ1) is 33.2. The van der Waals surface area contributed by atoms with Gasteiger partial charge >= 0.3 is 5.97 Å². The lowest BCUT2D eigenvalue weighted by atomic mass is 9.78. The Balaban J connectivity index is 1.61. The Morgan fingerprint density at radius 2 is 1.23 bits per heavy atom. The number of allylic oxidation sites excluding steroid dienone is 12. The normalized spacial score (nSPS) is 39.8. The van der Waals surface area contributed by atoms with Gasteiger partial charge in [-0.3, -0.25) is 9.59 Å². The molecule has 19 atom stereocenters. The van der Waals surface area contributed by atoms with E-state index >= 15 is 0 Å². The number of ketones is 1. The molecule has 0 aliphatic carbocycles. The molecular weight excluding hydrogens is 907 g/mol. The lowest BCUT2D eigenvalue weighted by Crippen LogP contribution is -2.61. The molecule has 0 unspecified atom stereocenters. The molecule has 12 N–H and O–H groups in total. The van der Waals surface area contributed by atoms with E-state index in [-0.39, 0.29) is 37.2 Å². The Labute approximate surface area is 411 Å². The summed E-state index contributed by atoms with van der Waals surface area (Å²) in [6, 6.07) is 7.06. The van der Waals surface area contributed by atoms with Gasteiger partial charge in [-0.2, -0.15) is 0 Å². The molecule has 17 nitrogen and oxygen atoms in total. The van der Waals surface area contributed by atoms with Crippen LogP contribution in [0.1, 0.15) is 89.4 Å². The molecule has 17 heteroatoms. The second-order valence-corrected chi connectivity index (χ2v) is 19.0. The Hall–Kier alpha value is -4.02. The average Bonchev–Trinajstić information content (AvgIpc) is 3.30. The number of ether oxygens (including phenoxy) is 4. The second kappa shape index (κ2) is 28.9. The Kier molecular flexibility index (Phi) is 24.2. The monoisotopic (exact) mass is 984 g/mol. The van der Waals surface area contributed by atoms with Gasteiger partial charge in [0.05, 0.1) is 85.5 Å². The average molecular weight is 984 g/mol. The minimum absolute atomic E-state index is 0.0930. The fourth-order valence-corrected chi connectivity index (χ4v) is 8.78. The molecule has 390 valence electrons. The number of aliphatic hydroxyl groups excluding tert-OH is 9. The fourth-order valence-electron chi connectivity index (χ4n) is 8.78. The third kappa shape index (κ3) is 18.5. The number of rotatable bonds is 4. The largest absolute Gasteiger partial charge is 0.462 e. The quantitative estimate of drug-likeness (QED) is 0.153. The number of esters is 1. The predicted octanol–water partition coefficient (Wildman–Crippen LogP) is 2.51. The highest BCUT2D eigenvalue weighted by Crippen LogP contribution is 2.39. The smallest absolute Gasteiger partial charge is 0.308 e. The van der Waals surface area contributed by atoms with Gasteiger partial charge in [-0.15, -0.1) is 0 Å². The standard InChI is InChI=1S/C53H77NO16/c1-32-20-16-13-11-9-7-5-6-8-10-12-14-19-23-40(69-52-51(65)47(54)49(63)35(4)68-52)29-44-46(50(64)36-21-17-15-18-22-36)43(60)31-53(66,70-44)30-39(57)27-42(59)41(58)25-24-37(55)26-38(56)28-45(61)67-34(3)33(2)48(32)62/h5-23,32-35,37-44,46-49,51-52,55-60,62-63,65-66H,24-31,54H2,1-4H3/t32-,33-,34-,35+,37+,38+,39-,40-,41+,42+,43-,44-,46+,47-,48+,49+,51-,52-,53+/m0/s1. The molecule has 2 bridgehead atoms. The summed E-state index contributed by atoms with van der Waals surface area (Å²) in [5.74, 6) is -5.47. The van der Waals surface area contributed by atoms with Crippen molar-refractivity contribution in [3.05, 3.63) is 121 Å². The van der Waals surface area contributed by atoms with Gasteiger partial charge in [-0.1, -0.05) is 129 Å². The van der Waals surface area contributed by atoms with Crippen LogP contribution in [-0.2, 0) is 23.7 Å². The second-order valence-electron chi connectivity index (χ2n) is 19.0. The van der Waals surface area contributed by atoms with E-state index in [1.54, 1.807) is 93.6 Å². The van der Waals surface area contributed by atoms with E-state index in [4.69, 9.17) is 24.7 Å². The van der Waals surface area contributed by atoms with Crippen LogP contribution in [0.15, 0.2) is 115 Å². The third-order valence-corrected chi connectivity index (χ3v) is 13.1. The van der Waals surface area contributed by atoms with Crippen molar-refractivity contribution in [3.63, 3.8) is 0 Å². The number of cyclic esters (lactones) is 1. The van der Waals surface area contributed by atoms with Crippen LogP contribution in [0.5, 0.6) is 0 Å². The molecule has 2 saturated heterocycles. The molecule has 3 aliphatic heterocycles. The molecule has 4 rings (SSSR count). The molecule has 0 amide bonds. The predicted molar refractivity (Wildman–Crippen MR) is 260 cm³/mol. The maximum Gasteiger partial charge on any atom is 0.308 e. The number of carbonyl (C=O) groups is 2. The molecule has 3 heterocycles. The van der Waals surface area contributed by atoms with Gasteiger partial charge in [0.1, 0.15) is 12.2 Å². The van der Waals surface area contributed by atoms with Gasteiger partial charge in [0, 0.05) is 43.1 Å². The van der Waals surface area contributed by atoms with Gasteiger partial charge < -0.3 is 75.7 Å². The molecule has 0 spiro atoms. The summed E-state index contributed by atoms with van der Waals surface area (Å²) in [5, 5.41) is 110. The number of carbonyl (C=O) groups excluding carboxylic acids is 2. The van der Waals surface area contributed by atoms with Gasteiger partial charge in [0.25, 0.3) is 0 Å². The highest BCUT2D eigenvalue weighted by atomic mass is 16.7. The van der Waals surface area contributed by atoms with Crippen molar-refractivity contribution in [1.29, 1.82) is 0 Å². The van der Waals surface area contributed by atoms with E-state index in [0.717, 1.165) is 0 Å². The molecular formula is C53H77NO16. The van der Waals surface area contributed by atoms with E-state index in [2.05, 4.69) is 0 Å². The van der Waals surface area contributed by atoms with Crippen LogP contribution < -0.4 is 5.73 Å². The van der Waals surface area contributed by atoms with Crippen molar-refractivity contribution in [2.24, 2.45) is 23.5 Å².